The zero-order chi connectivity index (χ0) is 16.3. The number of nitrogens with zero attached hydrogens (tertiary/aromatic N) is 1. The van der Waals surface area contributed by atoms with Gasteiger partial charge in [0.15, 0.2) is 6.61 Å². The first-order chi connectivity index (χ1) is 10.3. The number of halogens is 3. The summed E-state index contributed by atoms with van der Waals surface area (Å²) >= 11 is 0. The van der Waals surface area contributed by atoms with E-state index < -0.39 is 18.9 Å². The number of nitrogens with one attached hydrogen (secondary N) is 1. The number of rotatable bonds is 3. The molecule has 1 heterocycles. The summed E-state index contributed by atoms with van der Waals surface area (Å²) in [6.45, 7) is -0.0136. The van der Waals surface area contributed by atoms with Crippen LogP contribution in [0.25, 0.3) is 0 Å². The van der Waals surface area contributed by atoms with E-state index in [0.717, 1.165) is 25.7 Å². The molecule has 1 N–H and O–H groups in total. The summed E-state index contributed by atoms with van der Waals surface area (Å²) in [5, 5.41) is 2.10. The number of carbonyl (C=O) groups excluding carboxylic acids is 2. The highest BCUT2D eigenvalue weighted by Gasteiger charge is 2.42. The highest BCUT2D eigenvalue weighted by atomic mass is 19.4. The van der Waals surface area contributed by atoms with Gasteiger partial charge in [-0.3, -0.25) is 4.79 Å². The third kappa shape index (κ3) is 4.27. The van der Waals surface area contributed by atoms with E-state index >= 15 is 0 Å². The number of carbonyl (C=O) groups is 2. The van der Waals surface area contributed by atoms with Crippen LogP contribution in [0.4, 0.5) is 18.0 Å². The largest absolute Gasteiger partial charge is 0.440 e. The van der Waals surface area contributed by atoms with Gasteiger partial charge in [-0.15, -0.1) is 0 Å². The molecule has 0 unspecified atom stereocenters. The van der Waals surface area contributed by atoms with E-state index in [1.165, 1.54) is 6.42 Å². The molecule has 3 atom stereocenters. The number of likely N-dealkylation sites (tertiary alicyclic amines) is 1. The minimum absolute atomic E-state index is 0.105. The van der Waals surface area contributed by atoms with E-state index in [0.29, 0.717) is 5.92 Å². The quantitative estimate of drug-likeness (QED) is 0.868. The standard InChI is InChI=1S/C14H21F3N2O3/c1-9-6-10-4-2-3-5-11(10)19(9)12(20)7-18-13(21)22-8-14(15,16)17/h9-11H,2-8H2,1H3,(H,18,21)/t9-,10+,11-/m0/s1. The Hall–Kier alpha value is -1.47. The van der Waals surface area contributed by atoms with Crippen LogP contribution in [0, 0.1) is 5.92 Å². The van der Waals surface area contributed by atoms with Gasteiger partial charge in [0.2, 0.25) is 5.91 Å². The molecule has 0 aromatic carbocycles. The topological polar surface area (TPSA) is 58.6 Å². The lowest BCUT2D eigenvalue weighted by Crippen LogP contribution is -2.47. The van der Waals surface area contributed by atoms with Crippen LogP contribution in [0.1, 0.15) is 39.0 Å². The molecule has 2 fully saturated rings. The maximum absolute atomic E-state index is 12.2. The number of hydrogen-bond acceptors (Lipinski definition) is 3. The van der Waals surface area contributed by atoms with E-state index in [2.05, 4.69) is 10.1 Å². The number of amides is 2. The molecule has 0 aromatic rings. The molecule has 5 nitrogen and oxygen atoms in total. The summed E-state index contributed by atoms with van der Waals surface area (Å²) in [5.74, 6) is 0.246. The second-order valence-electron chi connectivity index (χ2n) is 6.04. The van der Waals surface area contributed by atoms with E-state index in [9.17, 15) is 22.8 Å². The van der Waals surface area contributed by atoms with Gasteiger partial charge in [0.25, 0.3) is 0 Å². The molecule has 1 aliphatic carbocycles. The number of alkyl halides is 3. The Morgan fingerprint density at radius 3 is 2.64 bits per heavy atom. The Morgan fingerprint density at radius 1 is 1.27 bits per heavy atom. The van der Waals surface area contributed by atoms with Crippen LogP contribution >= 0.6 is 0 Å². The Morgan fingerprint density at radius 2 is 1.95 bits per heavy atom. The van der Waals surface area contributed by atoms with Crippen LogP contribution in [0.15, 0.2) is 0 Å². The van der Waals surface area contributed by atoms with Gasteiger partial charge in [-0.05, 0) is 32.1 Å². The molecule has 126 valence electrons. The fourth-order valence-corrected chi connectivity index (χ4v) is 3.58. The molecule has 1 saturated carbocycles. The van der Waals surface area contributed by atoms with Crippen molar-refractivity contribution in [1.29, 1.82) is 0 Å². The predicted octanol–water partition coefficient (Wildman–Crippen LogP) is 2.45. The van der Waals surface area contributed by atoms with E-state index in [1.54, 1.807) is 4.90 Å². The molecule has 8 heteroatoms. The Kier molecular flexibility index (Phi) is 5.18. The van der Waals surface area contributed by atoms with Gasteiger partial charge in [-0.1, -0.05) is 12.8 Å². The second kappa shape index (κ2) is 6.75. The van der Waals surface area contributed by atoms with Crippen LogP contribution < -0.4 is 5.32 Å². The molecule has 2 aliphatic rings. The third-order valence-electron chi connectivity index (χ3n) is 4.38. The minimum atomic E-state index is -4.57. The zero-order valence-corrected chi connectivity index (χ0v) is 12.5. The molecular weight excluding hydrogens is 301 g/mol. The summed E-state index contributed by atoms with van der Waals surface area (Å²) in [7, 11) is 0. The fraction of sp³-hybridized carbons (Fsp3) is 0.857. The highest BCUT2D eigenvalue weighted by molar-refractivity contribution is 5.83. The van der Waals surface area contributed by atoms with Crippen LogP contribution in [-0.2, 0) is 9.53 Å². The van der Waals surface area contributed by atoms with Crippen molar-refractivity contribution >= 4 is 12.0 Å². The van der Waals surface area contributed by atoms with Gasteiger partial charge in [0, 0.05) is 12.1 Å². The monoisotopic (exact) mass is 322 g/mol. The number of alkyl carbamates (subject to hydrolysis) is 1. The molecule has 0 bridgehead atoms. The van der Waals surface area contributed by atoms with Crippen molar-refractivity contribution in [2.45, 2.75) is 57.3 Å². The first-order valence-electron chi connectivity index (χ1n) is 7.56. The molecule has 1 saturated heterocycles. The van der Waals surface area contributed by atoms with Gasteiger partial charge in [-0.2, -0.15) is 13.2 Å². The van der Waals surface area contributed by atoms with Gasteiger partial charge in [-0.25, -0.2) is 4.79 Å². The van der Waals surface area contributed by atoms with Crippen molar-refractivity contribution in [3.8, 4) is 0 Å². The SMILES string of the molecule is C[C@H]1C[C@H]2CCCC[C@@H]2N1C(=O)CNC(=O)OCC(F)(F)F. The Labute approximate surface area is 127 Å². The van der Waals surface area contributed by atoms with Gasteiger partial charge in [0.1, 0.15) is 6.54 Å². The summed E-state index contributed by atoms with van der Waals surface area (Å²) in [4.78, 5) is 25.2. The maximum atomic E-state index is 12.2. The lowest BCUT2D eigenvalue weighted by atomic mass is 9.85. The maximum Gasteiger partial charge on any atom is 0.422 e. The van der Waals surface area contributed by atoms with Crippen LogP contribution in [0.3, 0.4) is 0 Å². The summed E-state index contributed by atoms with van der Waals surface area (Å²) in [5.41, 5.74) is 0. The molecule has 2 rings (SSSR count). The van der Waals surface area contributed by atoms with Crippen LogP contribution in [0.5, 0.6) is 0 Å². The molecule has 0 radical (unpaired) electrons. The summed E-state index contributed by atoms with van der Waals surface area (Å²) in [6, 6.07) is 0.304. The minimum Gasteiger partial charge on any atom is -0.440 e. The van der Waals surface area contributed by atoms with E-state index in [-0.39, 0.29) is 24.5 Å². The van der Waals surface area contributed by atoms with Gasteiger partial charge >= 0.3 is 12.3 Å². The predicted molar refractivity (Wildman–Crippen MR) is 72.1 cm³/mol. The van der Waals surface area contributed by atoms with Crippen LogP contribution in [0.2, 0.25) is 0 Å². The molecule has 1 aliphatic heterocycles. The van der Waals surface area contributed by atoms with Gasteiger partial charge < -0.3 is 15.0 Å². The van der Waals surface area contributed by atoms with E-state index in [4.69, 9.17) is 0 Å². The van der Waals surface area contributed by atoms with Crippen molar-refractivity contribution < 1.29 is 27.5 Å². The highest BCUT2D eigenvalue weighted by Crippen LogP contribution is 2.39. The first kappa shape index (κ1) is 16.9. The molecule has 22 heavy (non-hydrogen) atoms. The third-order valence-corrected chi connectivity index (χ3v) is 4.38. The average molecular weight is 322 g/mol. The molecule has 0 spiro atoms. The van der Waals surface area contributed by atoms with Crippen molar-refractivity contribution in [3.05, 3.63) is 0 Å². The lowest BCUT2D eigenvalue weighted by molar-refractivity contribution is -0.160. The van der Waals surface area contributed by atoms with Crippen molar-refractivity contribution in [2.24, 2.45) is 5.92 Å². The fourth-order valence-electron chi connectivity index (χ4n) is 3.58. The van der Waals surface area contributed by atoms with Crippen molar-refractivity contribution in [3.63, 3.8) is 0 Å². The van der Waals surface area contributed by atoms with Crippen molar-refractivity contribution in [1.82, 2.24) is 10.2 Å². The lowest BCUT2D eigenvalue weighted by Gasteiger charge is -2.33. The smallest absolute Gasteiger partial charge is 0.422 e. The zero-order valence-electron chi connectivity index (χ0n) is 12.5. The van der Waals surface area contributed by atoms with E-state index in [1.807, 2.05) is 6.92 Å². The first-order valence-corrected chi connectivity index (χ1v) is 7.56. The van der Waals surface area contributed by atoms with Crippen LogP contribution in [-0.4, -0.2) is 48.3 Å². The van der Waals surface area contributed by atoms with Gasteiger partial charge in [0.05, 0.1) is 0 Å². The Bertz CT molecular complexity index is 428. The Balaban J connectivity index is 1.80. The average Bonchev–Trinajstić information content (AvgIpc) is 2.77. The number of ether oxygens (including phenoxy) is 1. The molecule has 2 amide bonds. The summed E-state index contributed by atoms with van der Waals surface area (Å²) < 4.78 is 39.8. The normalized spacial score (nSPS) is 28.2. The molecular formula is C14H21F3N2O3. The molecule has 0 aromatic heterocycles. The number of fused-ring (bicyclic) bond motifs is 1. The number of hydrogen-bond donors (Lipinski definition) is 1. The second-order valence-corrected chi connectivity index (χ2v) is 6.04. The summed E-state index contributed by atoms with van der Waals surface area (Å²) in [6.07, 6.45) is -0.511. The van der Waals surface area contributed by atoms with Crippen molar-refractivity contribution in [2.75, 3.05) is 13.2 Å².